The fraction of sp³-hybridized carbons (Fsp3) is 0.316. The van der Waals surface area contributed by atoms with Crippen LogP contribution < -0.4 is 14.4 Å². The van der Waals surface area contributed by atoms with Crippen molar-refractivity contribution in [3.05, 3.63) is 53.6 Å². The first-order chi connectivity index (χ1) is 11.1. The highest BCUT2D eigenvalue weighted by Gasteiger charge is 2.19. The number of ether oxygens (including phenoxy) is 2. The maximum Gasteiger partial charge on any atom is 0.258 e. The number of methoxy groups -OCH3 is 2. The highest BCUT2D eigenvalue weighted by Crippen LogP contribution is 2.29. The highest BCUT2D eigenvalue weighted by molar-refractivity contribution is 6.06. The molecule has 1 amide bonds. The van der Waals surface area contributed by atoms with E-state index >= 15 is 0 Å². The molecule has 0 heterocycles. The second kappa shape index (κ2) is 7.68. The lowest BCUT2D eigenvalue weighted by atomic mass is 10.1. The van der Waals surface area contributed by atoms with E-state index in [1.165, 1.54) is 0 Å². The molecular weight excluding hydrogens is 290 g/mol. The molecule has 0 radical (unpaired) electrons. The Hall–Kier alpha value is -2.49. The minimum atomic E-state index is -0.0431. The van der Waals surface area contributed by atoms with Gasteiger partial charge < -0.3 is 14.4 Å². The molecule has 0 unspecified atom stereocenters. The number of carbonyl (C=O) groups excluding carboxylic acids is 1. The number of amides is 1. The van der Waals surface area contributed by atoms with E-state index in [-0.39, 0.29) is 5.91 Å². The van der Waals surface area contributed by atoms with Gasteiger partial charge in [0.15, 0.2) is 11.5 Å². The fourth-order valence-corrected chi connectivity index (χ4v) is 2.49. The summed E-state index contributed by atoms with van der Waals surface area (Å²) in [6.45, 7) is 4.75. The van der Waals surface area contributed by atoms with Gasteiger partial charge >= 0.3 is 0 Å². The number of rotatable bonds is 6. The van der Waals surface area contributed by atoms with E-state index in [0.29, 0.717) is 23.6 Å². The predicted molar refractivity (Wildman–Crippen MR) is 92.7 cm³/mol. The summed E-state index contributed by atoms with van der Waals surface area (Å²) < 4.78 is 10.5. The summed E-state index contributed by atoms with van der Waals surface area (Å²) in [5.74, 6) is 1.12. The summed E-state index contributed by atoms with van der Waals surface area (Å²) >= 11 is 0. The number of nitrogens with zero attached hydrogens (tertiary/aromatic N) is 1. The van der Waals surface area contributed by atoms with Crippen LogP contribution in [0.3, 0.4) is 0 Å². The predicted octanol–water partition coefficient (Wildman–Crippen LogP) is 4.07. The van der Waals surface area contributed by atoms with Gasteiger partial charge in [0.2, 0.25) is 0 Å². The third-order valence-electron chi connectivity index (χ3n) is 3.64. The first-order valence-corrected chi connectivity index (χ1v) is 7.71. The lowest BCUT2D eigenvalue weighted by molar-refractivity contribution is 0.0986. The molecule has 0 fully saturated rings. The van der Waals surface area contributed by atoms with E-state index < -0.39 is 0 Å². The van der Waals surface area contributed by atoms with E-state index in [2.05, 4.69) is 6.92 Å². The highest BCUT2D eigenvalue weighted by atomic mass is 16.5. The average molecular weight is 313 g/mol. The zero-order chi connectivity index (χ0) is 16.8. The number of benzene rings is 2. The maximum absolute atomic E-state index is 12.9. The standard InChI is InChI=1S/C19H23NO3/c1-5-11-20(16-8-6-7-14(2)12-16)19(21)15-9-10-17(22-3)18(13-15)23-4/h6-10,12-13H,5,11H2,1-4H3. The molecule has 0 aliphatic rings. The van der Waals surface area contributed by atoms with Gasteiger partial charge in [0.25, 0.3) is 5.91 Å². The van der Waals surface area contributed by atoms with Crippen molar-refractivity contribution < 1.29 is 14.3 Å². The smallest absolute Gasteiger partial charge is 0.258 e. The van der Waals surface area contributed by atoms with E-state index in [1.54, 1.807) is 37.3 Å². The molecule has 2 aromatic carbocycles. The van der Waals surface area contributed by atoms with Crippen molar-refractivity contribution in [2.45, 2.75) is 20.3 Å². The largest absolute Gasteiger partial charge is 0.493 e. The summed E-state index contributed by atoms with van der Waals surface area (Å²) in [6.07, 6.45) is 0.882. The summed E-state index contributed by atoms with van der Waals surface area (Å²) in [7, 11) is 3.14. The molecule has 0 atom stereocenters. The van der Waals surface area contributed by atoms with E-state index in [9.17, 15) is 4.79 Å². The second-order valence-corrected chi connectivity index (χ2v) is 5.37. The molecule has 0 bridgehead atoms. The van der Waals surface area contributed by atoms with Crippen LogP contribution in [0.5, 0.6) is 11.5 Å². The first-order valence-electron chi connectivity index (χ1n) is 7.71. The van der Waals surface area contributed by atoms with Crippen molar-refractivity contribution in [1.82, 2.24) is 0 Å². The van der Waals surface area contributed by atoms with Crippen LogP contribution in [0.2, 0.25) is 0 Å². The molecule has 122 valence electrons. The maximum atomic E-state index is 12.9. The molecule has 0 N–H and O–H groups in total. The summed E-state index contributed by atoms with van der Waals surface area (Å²) in [5, 5.41) is 0. The Balaban J connectivity index is 2.38. The Morgan fingerprint density at radius 1 is 1.04 bits per heavy atom. The van der Waals surface area contributed by atoms with Crippen LogP contribution in [-0.4, -0.2) is 26.7 Å². The van der Waals surface area contributed by atoms with Gasteiger partial charge in [0.05, 0.1) is 14.2 Å². The molecule has 0 saturated heterocycles. The molecule has 0 aliphatic carbocycles. The van der Waals surface area contributed by atoms with Crippen molar-refractivity contribution in [3.63, 3.8) is 0 Å². The number of hydrogen-bond acceptors (Lipinski definition) is 3. The number of hydrogen-bond donors (Lipinski definition) is 0. The van der Waals surface area contributed by atoms with Gasteiger partial charge in [-0.15, -0.1) is 0 Å². The summed E-state index contributed by atoms with van der Waals surface area (Å²) in [5.41, 5.74) is 2.62. The van der Waals surface area contributed by atoms with Crippen LogP contribution in [-0.2, 0) is 0 Å². The van der Waals surface area contributed by atoms with E-state index in [4.69, 9.17) is 9.47 Å². The van der Waals surface area contributed by atoms with Crippen LogP contribution in [0.4, 0.5) is 5.69 Å². The molecule has 2 rings (SSSR count). The summed E-state index contributed by atoms with van der Waals surface area (Å²) in [6, 6.07) is 13.2. The van der Waals surface area contributed by atoms with Gasteiger partial charge in [-0.2, -0.15) is 0 Å². The van der Waals surface area contributed by atoms with Crippen molar-refractivity contribution in [2.24, 2.45) is 0 Å². The number of anilines is 1. The number of carbonyl (C=O) groups is 1. The van der Waals surface area contributed by atoms with Crippen molar-refractivity contribution in [1.29, 1.82) is 0 Å². The van der Waals surface area contributed by atoms with Gasteiger partial charge in [0.1, 0.15) is 0 Å². The monoisotopic (exact) mass is 313 g/mol. The Morgan fingerprint density at radius 3 is 2.39 bits per heavy atom. The lowest BCUT2D eigenvalue weighted by Gasteiger charge is -2.23. The van der Waals surface area contributed by atoms with Crippen LogP contribution in [0.1, 0.15) is 29.3 Å². The van der Waals surface area contributed by atoms with Crippen molar-refractivity contribution in [3.8, 4) is 11.5 Å². The Kier molecular flexibility index (Phi) is 5.63. The summed E-state index contributed by atoms with van der Waals surface area (Å²) in [4.78, 5) is 14.7. The molecule has 2 aromatic rings. The Bertz CT molecular complexity index is 682. The third-order valence-corrected chi connectivity index (χ3v) is 3.64. The Morgan fingerprint density at radius 2 is 1.78 bits per heavy atom. The minimum Gasteiger partial charge on any atom is -0.493 e. The van der Waals surface area contributed by atoms with Gasteiger partial charge in [-0.1, -0.05) is 19.1 Å². The van der Waals surface area contributed by atoms with Gasteiger partial charge in [0, 0.05) is 17.8 Å². The lowest BCUT2D eigenvalue weighted by Crippen LogP contribution is -2.31. The quantitative estimate of drug-likeness (QED) is 0.807. The molecule has 0 aliphatic heterocycles. The van der Waals surface area contributed by atoms with Gasteiger partial charge in [-0.3, -0.25) is 4.79 Å². The van der Waals surface area contributed by atoms with Gasteiger partial charge in [-0.25, -0.2) is 0 Å². The zero-order valence-electron chi connectivity index (χ0n) is 14.1. The van der Waals surface area contributed by atoms with Gasteiger partial charge in [-0.05, 0) is 49.2 Å². The fourth-order valence-electron chi connectivity index (χ4n) is 2.49. The van der Waals surface area contributed by atoms with Crippen LogP contribution >= 0.6 is 0 Å². The molecule has 0 saturated carbocycles. The number of aryl methyl sites for hydroxylation is 1. The van der Waals surface area contributed by atoms with Crippen molar-refractivity contribution >= 4 is 11.6 Å². The average Bonchev–Trinajstić information content (AvgIpc) is 2.58. The molecule has 0 aromatic heterocycles. The molecular formula is C19H23NO3. The SMILES string of the molecule is CCCN(C(=O)c1ccc(OC)c(OC)c1)c1cccc(C)c1. The molecule has 0 spiro atoms. The van der Waals surface area contributed by atoms with E-state index in [1.807, 2.05) is 31.2 Å². The van der Waals surface area contributed by atoms with Crippen LogP contribution in [0, 0.1) is 6.92 Å². The third kappa shape index (κ3) is 3.83. The van der Waals surface area contributed by atoms with Crippen LogP contribution in [0.15, 0.2) is 42.5 Å². The second-order valence-electron chi connectivity index (χ2n) is 5.37. The minimum absolute atomic E-state index is 0.0431. The zero-order valence-corrected chi connectivity index (χ0v) is 14.1. The van der Waals surface area contributed by atoms with Crippen LogP contribution in [0.25, 0.3) is 0 Å². The van der Waals surface area contributed by atoms with E-state index in [0.717, 1.165) is 17.7 Å². The molecule has 23 heavy (non-hydrogen) atoms. The molecule has 4 heteroatoms. The van der Waals surface area contributed by atoms with Crippen molar-refractivity contribution in [2.75, 3.05) is 25.7 Å². The molecule has 4 nitrogen and oxygen atoms in total. The topological polar surface area (TPSA) is 38.8 Å². The first kappa shape index (κ1) is 16.9. The normalized spacial score (nSPS) is 10.3. The Labute approximate surface area is 137 Å².